The SMILES string of the molecule is COc1ccc(N)c(C(O)C(O)CC(N)=O)c1. The Morgan fingerprint density at radius 1 is 1.47 bits per heavy atom. The van der Waals surface area contributed by atoms with Crippen LogP contribution in [0.25, 0.3) is 0 Å². The molecule has 1 aromatic rings. The molecule has 0 saturated carbocycles. The van der Waals surface area contributed by atoms with Crippen molar-refractivity contribution in [3.63, 3.8) is 0 Å². The van der Waals surface area contributed by atoms with E-state index >= 15 is 0 Å². The number of ether oxygens (including phenoxy) is 1. The highest BCUT2D eigenvalue weighted by atomic mass is 16.5. The van der Waals surface area contributed by atoms with E-state index in [0.717, 1.165) is 0 Å². The van der Waals surface area contributed by atoms with Gasteiger partial charge in [-0.3, -0.25) is 4.79 Å². The Bertz CT molecular complexity index is 408. The Morgan fingerprint density at radius 3 is 2.65 bits per heavy atom. The lowest BCUT2D eigenvalue weighted by molar-refractivity contribution is -0.121. The summed E-state index contributed by atoms with van der Waals surface area (Å²) < 4.78 is 4.98. The molecule has 1 amide bonds. The Balaban J connectivity index is 2.94. The Labute approximate surface area is 98.8 Å². The third-order valence-electron chi connectivity index (χ3n) is 2.39. The van der Waals surface area contributed by atoms with E-state index in [2.05, 4.69) is 0 Å². The number of benzene rings is 1. The molecule has 0 heterocycles. The van der Waals surface area contributed by atoms with Gasteiger partial charge in [-0.15, -0.1) is 0 Å². The summed E-state index contributed by atoms with van der Waals surface area (Å²) in [6.45, 7) is 0. The van der Waals surface area contributed by atoms with E-state index in [1.807, 2.05) is 0 Å². The zero-order valence-electron chi connectivity index (χ0n) is 9.46. The molecule has 0 aliphatic heterocycles. The molecule has 94 valence electrons. The van der Waals surface area contributed by atoms with Crippen molar-refractivity contribution in [3.8, 4) is 5.75 Å². The highest BCUT2D eigenvalue weighted by Crippen LogP contribution is 2.28. The van der Waals surface area contributed by atoms with Crippen LogP contribution in [-0.2, 0) is 4.79 Å². The van der Waals surface area contributed by atoms with Crippen LogP contribution in [0.2, 0.25) is 0 Å². The summed E-state index contributed by atoms with van der Waals surface area (Å²) in [5.74, 6) is -0.197. The van der Waals surface area contributed by atoms with E-state index < -0.39 is 18.1 Å². The molecule has 2 atom stereocenters. The van der Waals surface area contributed by atoms with Crippen LogP contribution in [0.5, 0.6) is 5.75 Å². The van der Waals surface area contributed by atoms with Crippen molar-refractivity contribution < 1.29 is 19.7 Å². The van der Waals surface area contributed by atoms with E-state index in [4.69, 9.17) is 16.2 Å². The molecule has 1 aromatic carbocycles. The van der Waals surface area contributed by atoms with Gasteiger partial charge in [0.1, 0.15) is 11.9 Å². The Kier molecular flexibility index (Phi) is 4.30. The molecule has 0 aliphatic rings. The smallest absolute Gasteiger partial charge is 0.220 e. The predicted molar refractivity (Wildman–Crippen MR) is 62.2 cm³/mol. The highest BCUT2D eigenvalue weighted by molar-refractivity contribution is 5.74. The number of carbonyl (C=O) groups is 1. The van der Waals surface area contributed by atoms with Crippen LogP contribution < -0.4 is 16.2 Å². The topological polar surface area (TPSA) is 119 Å². The number of hydrogen-bond donors (Lipinski definition) is 4. The summed E-state index contributed by atoms with van der Waals surface area (Å²) in [6, 6.07) is 4.69. The third-order valence-corrected chi connectivity index (χ3v) is 2.39. The average Bonchev–Trinajstić information content (AvgIpc) is 2.28. The first kappa shape index (κ1) is 13.3. The van der Waals surface area contributed by atoms with Crippen molar-refractivity contribution in [2.24, 2.45) is 5.73 Å². The molecule has 0 radical (unpaired) electrons. The van der Waals surface area contributed by atoms with E-state index in [9.17, 15) is 15.0 Å². The van der Waals surface area contributed by atoms with E-state index in [0.29, 0.717) is 17.0 Å². The van der Waals surface area contributed by atoms with Crippen molar-refractivity contribution in [2.75, 3.05) is 12.8 Å². The van der Waals surface area contributed by atoms with Crippen molar-refractivity contribution in [1.82, 2.24) is 0 Å². The molecular weight excluding hydrogens is 224 g/mol. The number of methoxy groups -OCH3 is 1. The molecule has 0 aliphatic carbocycles. The maximum Gasteiger partial charge on any atom is 0.220 e. The second-order valence-electron chi connectivity index (χ2n) is 3.68. The number of aliphatic hydroxyl groups excluding tert-OH is 2. The minimum atomic E-state index is -1.29. The van der Waals surface area contributed by atoms with Gasteiger partial charge in [-0.05, 0) is 18.2 Å². The van der Waals surface area contributed by atoms with Gasteiger partial charge in [0.05, 0.1) is 19.6 Å². The number of carbonyl (C=O) groups excluding carboxylic acids is 1. The van der Waals surface area contributed by atoms with Gasteiger partial charge in [-0.1, -0.05) is 0 Å². The van der Waals surface area contributed by atoms with Crippen LogP contribution in [0.1, 0.15) is 18.1 Å². The first-order valence-electron chi connectivity index (χ1n) is 5.03. The van der Waals surface area contributed by atoms with E-state index in [1.54, 1.807) is 12.1 Å². The van der Waals surface area contributed by atoms with Gasteiger partial charge in [-0.25, -0.2) is 0 Å². The second kappa shape index (κ2) is 5.51. The molecule has 0 spiro atoms. The quantitative estimate of drug-likeness (QED) is 0.520. The van der Waals surface area contributed by atoms with Crippen LogP contribution in [0.3, 0.4) is 0 Å². The number of nitrogen functional groups attached to an aromatic ring is 1. The van der Waals surface area contributed by atoms with Gasteiger partial charge < -0.3 is 26.4 Å². The molecular formula is C11H16N2O4. The van der Waals surface area contributed by atoms with Crippen LogP contribution in [-0.4, -0.2) is 29.3 Å². The number of nitrogens with two attached hydrogens (primary N) is 2. The summed E-state index contributed by atoms with van der Waals surface area (Å²) in [5, 5.41) is 19.4. The maximum absolute atomic E-state index is 10.6. The number of aliphatic hydroxyl groups is 2. The first-order valence-corrected chi connectivity index (χ1v) is 5.03. The first-order chi connectivity index (χ1) is 7.95. The van der Waals surface area contributed by atoms with Gasteiger partial charge >= 0.3 is 0 Å². The fraction of sp³-hybridized carbons (Fsp3) is 0.364. The monoisotopic (exact) mass is 240 g/mol. The van der Waals surface area contributed by atoms with Crippen molar-refractivity contribution in [2.45, 2.75) is 18.6 Å². The predicted octanol–water partition coefficient (Wildman–Crippen LogP) is -0.453. The molecule has 1 rings (SSSR count). The standard InChI is InChI=1S/C11H16N2O4/c1-17-6-2-3-8(12)7(4-6)11(16)9(14)5-10(13)15/h2-4,9,11,14,16H,5,12H2,1H3,(H2,13,15). The van der Waals surface area contributed by atoms with Crippen LogP contribution >= 0.6 is 0 Å². The fourth-order valence-corrected chi connectivity index (χ4v) is 1.46. The fourth-order valence-electron chi connectivity index (χ4n) is 1.46. The molecule has 0 fully saturated rings. The Hall–Kier alpha value is -1.79. The second-order valence-corrected chi connectivity index (χ2v) is 3.68. The summed E-state index contributed by atoms with van der Waals surface area (Å²) in [6.07, 6.45) is -2.91. The number of amides is 1. The molecule has 2 unspecified atom stereocenters. The number of anilines is 1. The van der Waals surface area contributed by atoms with Gasteiger partial charge in [-0.2, -0.15) is 0 Å². The molecule has 17 heavy (non-hydrogen) atoms. The largest absolute Gasteiger partial charge is 0.497 e. The molecule has 6 N–H and O–H groups in total. The summed E-state index contributed by atoms with van der Waals surface area (Å²) in [4.78, 5) is 10.6. The molecule has 6 nitrogen and oxygen atoms in total. The number of rotatable bonds is 5. The lowest BCUT2D eigenvalue weighted by atomic mass is 10.00. The third kappa shape index (κ3) is 3.33. The maximum atomic E-state index is 10.6. The average molecular weight is 240 g/mol. The summed E-state index contributed by atoms with van der Waals surface area (Å²) in [5.41, 5.74) is 11.2. The van der Waals surface area contributed by atoms with Crippen molar-refractivity contribution in [3.05, 3.63) is 23.8 Å². The highest BCUT2D eigenvalue weighted by Gasteiger charge is 2.22. The van der Waals surface area contributed by atoms with Crippen LogP contribution in [0, 0.1) is 0 Å². The zero-order valence-corrected chi connectivity index (χ0v) is 9.46. The van der Waals surface area contributed by atoms with Crippen molar-refractivity contribution >= 4 is 11.6 Å². The minimum absolute atomic E-state index is 0.304. The summed E-state index contributed by atoms with van der Waals surface area (Å²) in [7, 11) is 1.47. The molecule has 0 bridgehead atoms. The van der Waals surface area contributed by atoms with Gasteiger partial charge in [0.15, 0.2) is 0 Å². The summed E-state index contributed by atoms with van der Waals surface area (Å²) >= 11 is 0. The number of hydrogen-bond acceptors (Lipinski definition) is 5. The zero-order chi connectivity index (χ0) is 13.0. The van der Waals surface area contributed by atoms with Gasteiger partial charge in [0, 0.05) is 11.3 Å². The minimum Gasteiger partial charge on any atom is -0.497 e. The van der Waals surface area contributed by atoms with E-state index in [1.165, 1.54) is 13.2 Å². The van der Waals surface area contributed by atoms with Gasteiger partial charge in [0.25, 0.3) is 0 Å². The lowest BCUT2D eigenvalue weighted by Crippen LogP contribution is -2.26. The van der Waals surface area contributed by atoms with Crippen LogP contribution in [0.15, 0.2) is 18.2 Å². The van der Waals surface area contributed by atoms with Crippen molar-refractivity contribution in [1.29, 1.82) is 0 Å². The van der Waals surface area contributed by atoms with E-state index in [-0.39, 0.29) is 6.42 Å². The molecule has 6 heteroatoms. The van der Waals surface area contributed by atoms with Crippen LogP contribution in [0.4, 0.5) is 5.69 Å². The number of primary amides is 1. The Morgan fingerprint density at radius 2 is 2.12 bits per heavy atom. The lowest BCUT2D eigenvalue weighted by Gasteiger charge is -2.19. The molecule has 0 saturated heterocycles. The normalized spacial score (nSPS) is 14.1. The van der Waals surface area contributed by atoms with Gasteiger partial charge in [0.2, 0.25) is 5.91 Å². The molecule has 0 aromatic heterocycles.